The highest BCUT2D eigenvalue weighted by Crippen LogP contribution is 2.19. The molecule has 0 saturated carbocycles. The van der Waals surface area contributed by atoms with Crippen molar-refractivity contribution in [3.05, 3.63) is 11.6 Å². The van der Waals surface area contributed by atoms with Gasteiger partial charge in [0.15, 0.2) is 5.96 Å². The molecule has 0 amide bonds. The fraction of sp³-hybridized carbons (Fsp3) is 0.812. The van der Waals surface area contributed by atoms with Crippen LogP contribution in [0.15, 0.2) is 16.6 Å². The summed E-state index contributed by atoms with van der Waals surface area (Å²) in [5.41, 5.74) is 1.62. The second-order valence-electron chi connectivity index (χ2n) is 5.25. The fourth-order valence-electron chi connectivity index (χ4n) is 2.36. The molecule has 2 N–H and O–H groups in total. The monoisotopic (exact) mass is 297 g/mol. The number of unbranched alkanes of at least 4 members (excludes halogenated alkanes) is 1. The maximum atomic E-state index is 4.63. The number of aliphatic imine (C=N–C) groups is 1. The molecular formula is C16H31N3S. The minimum Gasteiger partial charge on any atom is -0.357 e. The lowest BCUT2D eigenvalue weighted by Gasteiger charge is -2.15. The van der Waals surface area contributed by atoms with E-state index in [4.69, 9.17) is 0 Å². The van der Waals surface area contributed by atoms with Crippen LogP contribution in [0.5, 0.6) is 0 Å². The molecule has 0 atom stereocenters. The number of hydrogen-bond acceptors (Lipinski definition) is 2. The fourth-order valence-corrected chi connectivity index (χ4v) is 2.86. The van der Waals surface area contributed by atoms with Crippen LogP contribution in [0.4, 0.5) is 0 Å². The molecule has 0 radical (unpaired) electrons. The molecule has 3 nitrogen and oxygen atoms in total. The van der Waals surface area contributed by atoms with Gasteiger partial charge in [-0.05, 0) is 63.9 Å². The van der Waals surface area contributed by atoms with Crippen molar-refractivity contribution in [2.75, 3.05) is 31.6 Å². The van der Waals surface area contributed by atoms with Crippen LogP contribution in [0, 0.1) is 0 Å². The third-order valence-corrected chi connectivity index (χ3v) is 4.19. The van der Waals surface area contributed by atoms with E-state index in [1.54, 1.807) is 5.57 Å². The van der Waals surface area contributed by atoms with E-state index in [1.165, 1.54) is 44.3 Å². The minimum atomic E-state index is 0.929. The van der Waals surface area contributed by atoms with Gasteiger partial charge in [-0.15, -0.1) is 0 Å². The molecule has 0 aromatic carbocycles. The van der Waals surface area contributed by atoms with Crippen molar-refractivity contribution >= 4 is 17.7 Å². The van der Waals surface area contributed by atoms with Gasteiger partial charge in [-0.2, -0.15) is 11.8 Å². The third kappa shape index (κ3) is 8.51. The van der Waals surface area contributed by atoms with Crippen molar-refractivity contribution in [1.82, 2.24) is 10.6 Å². The highest BCUT2D eigenvalue weighted by molar-refractivity contribution is 7.98. The Hall–Kier alpha value is -0.640. The molecule has 116 valence electrons. The first-order chi connectivity index (χ1) is 9.86. The maximum Gasteiger partial charge on any atom is 0.191 e. The number of nitrogens with one attached hydrogen (secondary N) is 2. The van der Waals surface area contributed by atoms with E-state index in [1.807, 2.05) is 11.8 Å². The molecule has 1 aliphatic rings. The number of hydrogen-bond donors (Lipinski definition) is 2. The Morgan fingerprint density at radius 1 is 1.30 bits per heavy atom. The normalized spacial score (nSPS) is 15.9. The predicted octanol–water partition coefficient (Wildman–Crippen LogP) is 3.58. The van der Waals surface area contributed by atoms with Crippen LogP contribution >= 0.6 is 11.8 Å². The number of guanidine groups is 1. The molecule has 0 fully saturated rings. The van der Waals surface area contributed by atoms with Gasteiger partial charge in [-0.3, -0.25) is 4.99 Å². The summed E-state index contributed by atoms with van der Waals surface area (Å²) in [6.07, 6.45) is 13.5. The van der Waals surface area contributed by atoms with Gasteiger partial charge in [0.2, 0.25) is 0 Å². The zero-order chi connectivity index (χ0) is 14.5. The number of rotatable bonds is 9. The molecule has 0 saturated heterocycles. The van der Waals surface area contributed by atoms with Crippen molar-refractivity contribution in [1.29, 1.82) is 0 Å². The molecule has 0 aromatic heterocycles. The Morgan fingerprint density at radius 3 is 2.90 bits per heavy atom. The molecule has 0 spiro atoms. The molecule has 0 aromatic rings. The molecule has 4 heteroatoms. The quantitative estimate of drug-likeness (QED) is 0.296. The van der Waals surface area contributed by atoms with Gasteiger partial charge >= 0.3 is 0 Å². The van der Waals surface area contributed by atoms with E-state index in [2.05, 4.69) is 34.9 Å². The van der Waals surface area contributed by atoms with Gasteiger partial charge in [0.05, 0.1) is 0 Å². The smallest absolute Gasteiger partial charge is 0.191 e. The molecule has 0 aliphatic heterocycles. The summed E-state index contributed by atoms with van der Waals surface area (Å²) in [7, 11) is 0. The first-order valence-electron chi connectivity index (χ1n) is 8.06. The van der Waals surface area contributed by atoms with E-state index in [0.717, 1.165) is 32.0 Å². The third-order valence-electron chi connectivity index (χ3n) is 3.49. The summed E-state index contributed by atoms with van der Waals surface area (Å²) in [6, 6.07) is 0. The molecule has 1 aliphatic carbocycles. The lowest BCUT2D eigenvalue weighted by atomic mass is 9.97. The minimum absolute atomic E-state index is 0.929. The van der Waals surface area contributed by atoms with E-state index in [-0.39, 0.29) is 0 Å². The SMILES string of the molecule is CCNC(=NCCCCSC)NCCC1=CCCCC1. The molecule has 0 unspecified atom stereocenters. The zero-order valence-electron chi connectivity index (χ0n) is 13.2. The van der Waals surface area contributed by atoms with Crippen LogP contribution < -0.4 is 10.6 Å². The van der Waals surface area contributed by atoms with Gasteiger partial charge < -0.3 is 10.6 Å². The topological polar surface area (TPSA) is 36.4 Å². The van der Waals surface area contributed by atoms with Crippen molar-refractivity contribution < 1.29 is 0 Å². The lowest BCUT2D eigenvalue weighted by Crippen LogP contribution is -2.38. The van der Waals surface area contributed by atoms with Crippen molar-refractivity contribution in [2.24, 2.45) is 4.99 Å². The first kappa shape index (κ1) is 17.4. The molecule has 0 bridgehead atoms. The predicted molar refractivity (Wildman–Crippen MR) is 92.8 cm³/mol. The van der Waals surface area contributed by atoms with E-state index < -0.39 is 0 Å². The number of thioether (sulfide) groups is 1. The Balaban J connectivity index is 2.19. The number of allylic oxidation sites excluding steroid dienone is 1. The van der Waals surface area contributed by atoms with Crippen molar-refractivity contribution in [2.45, 2.75) is 51.9 Å². The van der Waals surface area contributed by atoms with Crippen molar-refractivity contribution in [3.8, 4) is 0 Å². The van der Waals surface area contributed by atoms with Crippen LogP contribution in [0.1, 0.15) is 51.9 Å². The summed E-state index contributed by atoms with van der Waals surface area (Å²) in [5, 5.41) is 6.78. The first-order valence-corrected chi connectivity index (χ1v) is 9.45. The van der Waals surface area contributed by atoms with Crippen LogP contribution in [0.2, 0.25) is 0 Å². The zero-order valence-corrected chi connectivity index (χ0v) is 14.0. The summed E-state index contributed by atoms with van der Waals surface area (Å²) in [5.74, 6) is 2.22. The van der Waals surface area contributed by atoms with Gasteiger partial charge in [-0.1, -0.05) is 11.6 Å². The largest absolute Gasteiger partial charge is 0.357 e. The second-order valence-corrected chi connectivity index (χ2v) is 6.23. The van der Waals surface area contributed by atoms with Gasteiger partial charge in [0.25, 0.3) is 0 Å². The second kappa shape index (κ2) is 12.1. The Kier molecular flexibility index (Phi) is 10.6. The molecule has 0 heterocycles. The average Bonchev–Trinajstić information content (AvgIpc) is 2.48. The number of nitrogens with zero attached hydrogens (tertiary/aromatic N) is 1. The summed E-state index contributed by atoms with van der Waals surface area (Å²) < 4.78 is 0. The van der Waals surface area contributed by atoms with Gasteiger partial charge in [0.1, 0.15) is 0 Å². The summed E-state index contributed by atoms with van der Waals surface area (Å²) >= 11 is 1.91. The van der Waals surface area contributed by atoms with Crippen LogP contribution in [0.25, 0.3) is 0 Å². The van der Waals surface area contributed by atoms with Gasteiger partial charge in [-0.25, -0.2) is 0 Å². The van der Waals surface area contributed by atoms with Gasteiger partial charge in [0, 0.05) is 19.6 Å². The van der Waals surface area contributed by atoms with Crippen LogP contribution in [-0.2, 0) is 0 Å². The van der Waals surface area contributed by atoms with Crippen LogP contribution in [0.3, 0.4) is 0 Å². The van der Waals surface area contributed by atoms with E-state index in [9.17, 15) is 0 Å². The molecular weight excluding hydrogens is 266 g/mol. The highest BCUT2D eigenvalue weighted by Gasteiger charge is 2.03. The van der Waals surface area contributed by atoms with Crippen molar-refractivity contribution in [3.63, 3.8) is 0 Å². The average molecular weight is 298 g/mol. The molecule has 1 rings (SSSR count). The standard InChI is InChI=1S/C16H31N3S/c1-3-17-16(18-12-7-8-14-20-2)19-13-11-15-9-5-4-6-10-15/h9H,3-8,10-14H2,1-2H3,(H2,17,18,19). The highest BCUT2D eigenvalue weighted by atomic mass is 32.2. The Morgan fingerprint density at radius 2 is 2.20 bits per heavy atom. The lowest BCUT2D eigenvalue weighted by molar-refractivity contribution is 0.665. The maximum absolute atomic E-state index is 4.63. The Labute approximate surface area is 129 Å². The molecule has 20 heavy (non-hydrogen) atoms. The summed E-state index contributed by atoms with van der Waals surface area (Å²) in [4.78, 5) is 4.63. The summed E-state index contributed by atoms with van der Waals surface area (Å²) in [6.45, 7) is 4.98. The van der Waals surface area contributed by atoms with Crippen LogP contribution in [-0.4, -0.2) is 37.6 Å². The van der Waals surface area contributed by atoms with E-state index in [0.29, 0.717) is 0 Å². The Bertz CT molecular complexity index is 300. The van der Waals surface area contributed by atoms with E-state index >= 15 is 0 Å².